The minimum Gasteiger partial charge on any atom is -0.497 e. The molecule has 4 rings (SSSR count). The van der Waals surface area contributed by atoms with Gasteiger partial charge in [-0.1, -0.05) is 24.3 Å². The van der Waals surface area contributed by atoms with Gasteiger partial charge in [0.2, 0.25) is 0 Å². The summed E-state index contributed by atoms with van der Waals surface area (Å²) in [5.41, 5.74) is 1.08. The molecule has 3 aromatic rings. The van der Waals surface area contributed by atoms with Crippen LogP contribution in [0.3, 0.4) is 0 Å². The van der Waals surface area contributed by atoms with E-state index in [4.69, 9.17) is 14.2 Å². The SMILES string of the molecule is COc1ccc(F)c(CN2CCOc3ccc([C@@](C)(O)COc4ccccc4)cc3C2)c1. The van der Waals surface area contributed by atoms with E-state index in [9.17, 15) is 9.50 Å². The second kappa shape index (κ2) is 9.59. The number of benzene rings is 3. The normalized spacial score (nSPS) is 15.8. The predicted octanol–water partition coefficient (Wildman–Crippen LogP) is 4.52. The lowest BCUT2D eigenvalue weighted by Gasteiger charge is -2.25. The van der Waals surface area contributed by atoms with Crippen LogP contribution in [-0.4, -0.2) is 36.9 Å². The van der Waals surface area contributed by atoms with Crippen molar-refractivity contribution in [3.63, 3.8) is 0 Å². The van der Waals surface area contributed by atoms with E-state index in [1.54, 1.807) is 26.2 Å². The zero-order valence-corrected chi connectivity index (χ0v) is 18.4. The largest absolute Gasteiger partial charge is 0.497 e. The summed E-state index contributed by atoms with van der Waals surface area (Å²) < 4.78 is 31.3. The molecule has 0 amide bonds. The van der Waals surface area contributed by atoms with Crippen molar-refractivity contribution in [2.24, 2.45) is 0 Å². The van der Waals surface area contributed by atoms with Gasteiger partial charge < -0.3 is 19.3 Å². The standard InChI is InChI=1S/C26H28FNO4/c1-26(29,18-32-22-6-4-3-5-7-22)21-8-11-25-20(14-21)17-28(12-13-31-25)16-19-15-23(30-2)9-10-24(19)27/h3-11,14-15,29H,12-13,16-18H2,1-2H3/t26-/m0/s1. The molecule has 0 radical (unpaired) electrons. The number of halogens is 1. The molecule has 0 aliphatic carbocycles. The van der Waals surface area contributed by atoms with Gasteiger partial charge in [-0.25, -0.2) is 4.39 Å². The zero-order chi connectivity index (χ0) is 22.6. The monoisotopic (exact) mass is 437 g/mol. The maximum absolute atomic E-state index is 14.3. The summed E-state index contributed by atoms with van der Waals surface area (Å²) in [6, 6.07) is 19.9. The molecule has 1 aliphatic rings. The first-order valence-electron chi connectivity index (χ1n) is 10.7. The molecule has 168 valence electrons. The van der Waals surface area contributed by atoms with Gasteiger partial charge >= 0.3 is 0 Å². The van der Waals surface area contributed by atoms with Crippen molar-refractivity contribution in [1.29, 1.82) is 0 Å². The van der Waals surface area contributed by atoms with E-state index in [0.717, 1.165) is 16.9 Å². The first-order chi connectivity index (χ1) is 15.4. The number of hydrogen-bond donors (Lipinski definition) is 1. The van der Waals surface area contributed by atoms with Crippen molar-refractivity contribution in [1.82, 2.24) is 4.90 Å². The number of fused-ring (bicyclic) bond motifs is 1. The smallest absolute Gasteiger partial charge is 0.127 e. The van der Waals surface area contributed by atoms with Crippen molar-refractivity contribution in [3.8, 4) is 17.2 Å². The lowest BCUT2D eigenvalue weighted by Crippen LogP contribution is -2.30. The number of ether oxygens (including phenoxy) is 3. The molecule has 0 spiro atoms. The van der Waals surface area contributed by atoms with Gasteiger partial charge in [0.15, 0.2) is 0 Å². The summed E-state index contributed by atoms with van der Waals surface area (Å²) in [7, 11) is 1.57. The Morgan fingerprint density at radius 1 is 1.06 bits per heavy atom. The average molecular weight is 438 g/mol. The lowest BCUT2D eigenvalue weighted by molar-refractivity contribution is 0.00748. The molecule has 1 heterocycles. The second-order valence-corrected chi connectivity index (χ2v) is 8.21. The highest BCUT2D eigenvalue weighted by Crippen LogP contribution is 2.31. The van der Waals surface area contributed by atoms with Gasteiger partial charge in [0, 0.05) is 30.8 Å². The Kier molecular flexibility index (Phi) is 6.63. The summed E-state index contributed by atoms with van der Waals surface area (Å²) in [6.07, 6.45) is 0. The third kappa shape index (κ3) is 5.21. The lowest BCUT2D eigenvalue weighted by atomic mass is 9.94. The highest BCUT2D eigenvalue weighted by molar-refractivity contribution is 5.40. The van der Waals surface area contributed by atoms with Crippen LogP contribution >= 0.6 is 0 Å². The van der Waals surface area contributed by atoms with E-state index in [2.05, 4.69) is 4.90 Å². The number of methoxy groups -OCH3 is 1. The molecule has 0 bridgehead atoms. The Bertz CT molecular complexity index is 1050. The fourth-order valence-corrected chi connectivity index (χ4v) is 3.78. The summed E-state index contributed by atoms with van der Waals surface area (Å²) in [5.74, 6) is 1.86. The van der Waals surface area contributed by atoms with Crippen molar-refractivity contribution in [3.05, 3.63) is 89.2 Å². The Labute approximate surface area is 188 Å². The molecule has 6 heteroatoms. The highest BCUT2D eigenvalue weighted by Gasteiger charge is 2.27. The van der Waals surface area contributed by atoms with Crippen LogP contribution in [0.25, 0.3) is 0 Å². The molecule has 0 fully saturated rings. The van der Waals surface area contributed by atoms with Crippen LogP contribution in [0.5, 0.6) is 17.2 Å². The molecule has 5 nitrogen and oxygen atoms in total. The van der Waals surface area contributed by atoms with Gasteiger partial charge in [-0.2, -0.15) is 0 Å². The Hall–Kier alpha value is -3.09. The van der Waals surface area contributed by atoms with Crippen LogP contribution in [0, 0.1) is 5.82 Å². The van der Waals surface area contributed by atoms with E-state index >= 15 is 0 Å². The summed E-state index contributed by atoms with van der Waals surface area (Å²) in [4.78, 5) is 2.13. The predicted molar refractivity (Wildman–Crippen MR) is 121 cm³/mol. The second-order valence-electron chi connectivity index (χ2n) is 8.21. The summed E-state index contributed by atoms with van der Waals surface area (Å²) in [6.45, 7) is 4.03. The molecule has 0 saturated heterocycles. The molecule has 32 heavy (non-hydrogen) atoms. The van der Waals surface area contributed by atoms with Gasteiger partial charge in [0.05, 0.1) is 7.11 Å². The van der Waals surface area contributed by atoms with E-state index in [1.807, 2.05) is 48.5 Å². The molecule has 1 aliphatic heterocycles. The third-order valence-electron chi connectivity index (χ3n) is 5.65. The van der Waals surface area contributed by atoms with Crippen molar-refractivity contribution >= 4 is 0 Å². The average Bonchev–Trinajstić information content (AvgIpc) is 3.01. The number of hydrogen-bond acceptors (Lipinski definition) is 5. The van der Waals surface area contributed by atoms with Crippen molar-refractivity contribution in [2.75, 3.05) is 26.9 Å². The number of rotatable bonds is 7. The van der Waals surface area contributed by atoms with Gasteiger partial charge in [0.1, 0.15) is 41.9 Å². The molecule has 3 aromatic carbocycles. The maximum Gasteiger partial charge on any atom is 0.127 e. The Morgan fingerprint density at radius 2 is 1.88 bits per heavy atom. The van der Waals surface area contributed by atoms with Gasteiger partial charge in [-0.05, 0) is 55.0 Å². The highest BCUT2D eigenvalue weighted by atomic mass is 19.1. The van der Waals surface area contributed by atoms with Crippen LogP contribution in [0.1, 0.15) is 23.6 Å². The molecule has 1 N–H and O–H groups in total. The van der Waals surface area contributed by atoms with Crippen LogP contribution in [0.2, 0.25) is 0 Å². The zero-order valence-electron chi connectivity index (χ0n) is 18.4. The van der Waals surface area contributed by atoms with E-state index in [-0.39, 0.29) is 12.4 Å². The molecule has 0 saturated carbocycles. The Balaban J connectivity index is 1.50. The van der Waals surface area contributed by atoms with E-state index < -0.39 is 5.60 Å². The van der Waals surface area contributed by atoms with Crippen LogP contribution in [0.15, 0.2) is 66.7 Å². The van der Waals surface area contributed by atoms with Gasteiger partial charge in [-0.3, -0.25) is 4.90 Å². The fraction of sp³-hybridized carbons (Fsp3) is 0.308. The minimum absolute atomic E-state index is 0.120. The van der Waals surface area contributed by atoms with Crippen molar-refractivity contribution < 1.29 is 23.7 Å². The third-order valence-corrected chi connectivity index (χ3v) is 5.65. The van der Waals surface area contributed by atoms with Crippen LogP contribution < -0.4 is 14.2 Å². The quantitative estimate of drug-likeness (QED) is 0.589. The van der Waals surface area contributed by atoms with E-state index in [1.165, 1.54) is 6.07 Å². The molecular weight excluding hydrogens is 409 g/mol. The van der Waals surface area contributed by atoms with Gasteiger partial charge in [0.25, 0.3) is 0 Å². The molecule has 0 unspecified atom stereocenters. The minimum atomic E-state index is -1.18. The van der Waals surface area contributed by atoms with Gasteiger partial charge in [-0.15, -0.1) is 0 Å². The first kappa shape index (κ1) is 22.1. The summed E-state index contributed by atoms with van der Waals surface area (Å²) >= 11 is 0. The topological polar surface area (TPSA) is 51.2 Å². The number of para-hydroxylation sites is 1. The molecular formula is C26H28FNO4. The van der Waals surface area contributed by atoms with Crippen molar-refractivity contribution in [2.45, 2.75) is 25.6 Å². The summed E-state index contributed by atoms with van der Waals surface area (Å²) in [5, 5.41) is 11.1. The van der Waals surface area contributed by atoms with Crippen LogP contribution in [-0.2, 0) is 18.7 Å². The number of aliphatic hydroxyl groups is 1. The van der Waals surface area contributed by atoms with E-state index in [0.29, 0.717) is 43.3 Å². The molecule has 1 atom stereocenters. The molecule has 0 aromatic heterocycles. The van der Waals surface area contributed by atoms with Crippen LogP contribution in [0.4, 0.5) is 4.39 Å². The first-order valence-corrected chi connectivity index (χ1v) is 10.7. The maximum atomic E-state index is 14.3. The Morgan fingerprint density at radius 3 is 2.66 bits per heavy atom. The number of nitrogens with zero attached hydrogens (tertiary/aromatic N) is 1. The fourth-order valence-electron chi connectivity index (χ4n) is 3.78.